The number of amides is 1. The van der Waals surface area contributed by atoms with E-state index in [0.717, 1.165) is 5.56 Å². The van der Waals surface area contributed by atoms with Gasteiger partial charge in [0.05, 0.1) is 16.6 Å². The van der Waals surface area contributed by atoms with E-state index in [0.29, 0.717) is 11.3 Å². The van der Waals surface area contributed by atoms with Crippen LogP contribution in [0.3, 0.4) is 0 Å². The second-order valence-corrected chi connectivity index (χ2v) is 4.63. The van der Waals surface area contributed by atoms with Gasteiger partial charge >= 0.3 is 0 Å². The molecule has 0 heterocycles. The summed E-state index contributed by atoms with van der Waals surface area (Å²) >= 11 is 0. The Morgan fingerprint density at radius 3 is 2.65 bits per heavy atom. The lowest BCUT2D eigenvalue weighted by molar-refractivity contribution is -0.384. The highest BCUT2D eigenvalue weighted by atomic mass is 16.6. The van der Waals surface area contributed by atoms with Crippen molar-refractivity contribution in [3.8, 4) is 11.8 Å². The van der Waals surface area contributed by atoms with Crippen LogP contribution in [0.4, 0.5) is 5.69 Å². The molecule has 0 aliphatic heterocycles. The molecule has 0 saturated carbocycles. The van der Waals surface area contributed by atoms with E-state index in [2.05, 4.69) is 5.32 Å². The van der Waals surface area contributed by atoms with Crippen LogP contribution in [0.1, 0.15) is 11.1 Å². The summed E-state index contributed by atoms with van der Waals surface area (Å²) in [5, 5.41) is 22.0. The van der Waals surface area contributed by atoms with Gasteiger partial charge in [-0.1, -0.05) is 12.1 Å². The number of nitriles is 1. The summed E-state index contributed by atoms with van der Waals surface area (Å²) in [6.45, 7) is 0.0910. The van der Waals surface area contributed by atoms with Crippen molar-refractivity contribution in [3.05, 3.63) is 69.8 Å². The maximum absolute atomic E-state index is 11.7. The molecule has 0 saturated heterocycles. The highest BCUT2D eigenvalue weighted by Gasteiger charge is 2.06. The molecule has 116 valence electrons. The van der Waals surface area contributed by atoms with E-state index in [1.54, 1.807) is 24.3 Å². The van der Waals surface area contributed by atoms with Crippen molar-refractivity contribution in [2.45, 2.75) is 6.54 Å². The summed E-state index contributed by atoms with van der Waals surface area (Å²) in [6, 6.07) is 14.4. The first-order valence-corrected chi connectivity index (χ1v) is 6.71. The van der Waals surface area contributed by atoms with E-state index in [1.165, 1.54) is 24.3 Å². The molecular weight excluding hydrogens is 298 g/mol. The van der Waals surface area contributed by atoms with Crippen molar-refractivity contribution in [1.29, 1.82) is 5.26 Å². The van der Waals surface area contributed by atoms with Gasteiger partial charge in [-0.3, -0.25) is 14.9 Å². The zero-order valence-corrected chi connectivity index (χ0v) is 12.1. The summed E-state index contributed by atoms with van der Waals surface area (Å²) in [6.07, 6.45) is 0. The van der Waals surface area contributed by atoms with Gasteiger partial charge in [-0.15, -0.1) is 0 Å². The molecule has 0 unspecified atom stereocenters. The lowest BCUT2D eigenvalue weighted by atomic mass is 10.1. The summed E-state index contributed by atoms with van der Waals surface area (Å²) in [5.41, 5.74) is 1.30. The van der Waals surface area contributed by atoms with Crippen molar-refractivity contribution in [1.82, 2.24) is 5.32 Å². The van der Waals surface area contributed by atoms with E-state index in [9.17, 15) is 14.9 Å². The minimum Gasteiger partial charge on any atom is -0.484 e. The predicted octanol–water partition coefficient (Wildman–Crippen LogP) is 2.16. The smallest absolute Gasteiger partial charge is 0.269 e. The molecule has 0 aliphatic rings. The third kappa shape index (κ3) is 4.82. The summed E-state index contributed by atoms with van der Waals surface area (Å²) in [7, 11) is 0. The Hall–Kier alpha value is -3.40. The third-order valence-electron chi connectivity index (χ3n) is 2.96. The number of hydrogen-bond donors (Lipinski definition) is 1. The van der Waals surface area contributed by atoms with Gasteiger partial charge in [0.2, 0.25) is 0 Å². The third-order valence-corrected chi connectivity index (χ3v) is 2.96. The van der Waals surface area contributed by atoms with Crippen LogP contribution in [0.2, 0.25) is 0 Å². The summed E-state index contributed by atoms with van der Waals surface area (Å²) in [4.78, 5) is 21.7. The molecule has 1 amide bonds. The number of carbonyl (C=O) groups excluding carboxylic acids is 1. The number of nitro groups is 1. The number of nitrogens with one attached hydrogen (secondary N) is 1. The second-order valence-electron chi connectivity index (χ2n) is 4.63. The highest BCUT2D eigenvalue weighted by molar-refractivity contribution is 5.77. The Morgan fingerprint density at radius 1 is 1.26 bits per heavy atom. The van der Waals surface area contributed by atoms with Crippen LogP contribution in [-0.2, 0) is 11.3 Å². The maximum atomic E-state index is 11.7. The number of rotatable bonds is 6. The lowest BCUT2D eigenvalue weighted by Crippen LogP contribution is -2.28. The summed E-state index contributed by atoms with van der Waals surface area (Å²) in [5.74, 6) is 0.0444. The van der Waals surface area contributed by atoms with E-state index < -0.39 is 4.92 Å². The molecule has 7 nitrogen and oxygen atoms in total. The normalized spacial score (nSPS) is 9.70. The highest BCUT2D eigenvalue weighted by Crippen LogP contribution is 2.17. The largest absolute Gasteiger partial charge is 0.484 e. The quantitative estimate of drug-likeness (QED) is 0.650. The molecule has 7 heteroatoms. The average Bonchev–Trinajstić information content (AvgIpc) is 2.58. The maximum Gasteiger partial charge on any atom is 0.269 e. The molecule has 2 aromatic carbocycles. The topological polar surface area (TPSA) is 105 Å². The van der Waals surface area contributed by atoms with Crippen LogP contribution in [0.15, 0.2) is 48.5 Å². The lowest BCUT2D eigenvalue weighted by Gasteiger charge is -2.07. The first-order valence-electron chi connectivity index (χ1n) is 6.71. The fourth-order valence-electron chi connectivity index (χ4n) is 1.82. The van der Waals surface area contributed by atoms with Crippen LogP contribution in [-0.4, -0.2) is 17.4 Å². The molecule has 1 N–H and O–H groups in total. The zero-order chi connectivity index (χ0) is 16.7. The SMILES string of the molecule is N#Cc1cccc(CNC(=O)COc2ccc([N+](=O)[O-])cc2)c1. The minimum absolute atomic E-state index is 0.0424. The number of non-ortho nitro benzene ring substituents is 1. The fraction of sp³-hybridized carbons (Fsp3) is 0.125. The van der Waals surface area contributed by atoms with Gasteiger partial charge in [0.25, 0.3) is 11.6 Å². The number of hydrogen-bond acceptors (Lipinski definition) is 5. The van der Waals surface area contributed by atoms with E-state index in [-0.39, 0.29) is 24.7 Å². The zero-order valence-electron chi connectivity index (χ0n) is 12.1. The number of nitro benzene ring substituents is 1. The molecule has 0 spiro atoms. The number of ether oxygens (including phenoxy) is 1. The molecule has 2 rings (SSSR count). The molecule has 0 fully saturated rings. The van der Waals surface area contributed by atoms with Gasteiger partial charge in [0, 0.05) is 18.7 Å². The standard InChI is InChI=1S/C16H13N3O4/c17-9-12-2-1-3-13(8-12)10-18-16(20)11-23-15-6-4-14(5-7-15)19(21)22/h1-8H,10-11H2,(H,18,20). The number of carbonyl (C=O) groups is 1. The van der Waals surface area contributed by atoms with E-state index in [1.807, 2.05) is 6.07 Å². The Labute approximate surface area is 132 Å². The van der Waals surface area contributed by atoms with Crippen LogP contribution in [0.25, 0.3) is 0 Å². The molecule has 0 radical (unpaired) electrons. The van der Waals surface area contributed by atoms with E-state index in [4.69, 9.17) is 10.00 Å². The van der Waals surface area contributed by atoms with Crippen molar-refractivity contribution in [2.75, 3.05) is 6.61 Å². The van der Waals surface area contributed by atoms with Gasteiger partial charge < -0.3 is 10.1 Å². The van der Waals surface area contributed by atoms with Crippen molar-refractivity contribution in [3.63, 3.8) is 0 Å². The second kappa shape index (κ2) is 7.56. The van der Waals surface area contributed by atoms with Crippen LogP contribution < -0.4 is 10.1 Å². The Kier molecular flexibility index (Phi) is 5.25. The van der Waals surface area contributed by atoms with Gasteiger partial charge in [-0.25, -0.2) is 0 Å². The molecule has 0 aliphatic carbocycles. The van der Waals surface area contributed by atoms with Gasteiger partial charge in [-0.05, 0) is 29.8 Å². The van der Waals surface area contributed by atoms with Crippen molar-refractivity contribution < 1.29 is 14.5 Å². The summed E-state index contributed by atoms with van der Waals surface area (Å²) < 4.78 is 5.25. The predicted molar refractivity (Wildman–Crippen MR) is 81.6 cm³/mol. The average molecular weight is 311 g/mol. The van der Waals surface area contributed by atoms with Crippen LogP contribution >= 0.6 is 0 Å². The van der Waals surface area contributed by atoms with Gasteiger partial charge in [0.15, 0.2) is 6.61 Å². The molecule has 0 atom stereocenters. The number of nitrogens with zero attached hydrogens (tertiary/aromatic N) is 2. The fourth-order valence-corrected chi connectivity index (χ4v) is 1.82. The Bertz CT molecular complexity index is 751. The monoisotopic (exact) mass is 311 g/mol. The molecule has 23 heavy (non-hydrogen) atoms. The van der Waals surface area contributed by atoms with Gasteiger partial charge in [-0.2, -0.15) is 5.26 Å². The minimum atomic E-state index is -0.508. The Morgan fingerprint density at radius 2 is 2.00 bits per heavy atom. The number of benzene rings is 2. The molecule has 2 aromatic rings. The molecule has 0 bridgehead atoms. The van der Waals surface area contributed by atoms with E-state index >= 15 is 0 Å². The molecular formula is C16H13N3O4. The Balaban J connectivity index is 1.80. The van der Waals surface area contributed by atoms with Crippen molar-refractivity contribution >= 4 is 11.6 Å². The molecule has 0 aromatic heterocycles. The van der Waals surface area contributed by atoms with Gasteiger partial charge in [0.1, 0.15) is 5.75 Å². The van der Waals surface area contributed by atoms with Crippen LogP contribution in [0, 0.1) is 21.4 Å². The first-order chi connectivity index (χ1) is 11.1. The van der Waals surface area contributed by atoms with Crippen LogP contribution in [0.5, 0.6) is 5.75 Å². The first kappa shape index (κ1) is 16.0. The van der Waals surface area contributed by atoms with Crippen molar-refractivity contribution in [2.24, 2.45) is 0 Å².